The average molecular weight is 477 g/mol. The van der Waals surface area contributed by atoms with Crippen LogP contribution in [0, 0.1) is 17.2 Å². The van der Waals surface area contributed by atoms with E-state index in [9.17, 15) is 9.18 Å². The zero-order valence-electron chi connectivity index (χ0n) is 16.7. The predicted octanol–water partition coefficient (Wildman–Crippen LogP) is 6.19. The molecule has 0 unspecified atom stereocenters. The third-order valence-corrected chi connectivity index (χ3v) is 6.58. The molecule has 1 amide bonds. The molecular formula is C21H28BrClFNO3. The fourth-order valence-electron chi connectivity index (χ4n) is 4.19. The van der Waals surface area contributed by atoms with Gasteiger partial charge < -0.3 is 14.4 Å². The molecule has 1 aliphatic carbocycles. The van der Waals surface area contributed by atoms with Crippen LogP contribution < -0.4 is 0 Å². The zero-order chi connectivity index (χ0) is 20.5. The number of halogens is 3. The molecule has 2 aliphatic rings. The highest BCUT2D eigenvalue weighted by Crippen LogP contribution is 2.52. The Labute approximate surface area is 179 Å². The molecule has 1 spiro atoms. The van der Waals surface area contributed by atoms with Gasteiger partial charge in [0.05, 0.1) is 11.1 Å². The number of carbonyl (C=O) groups is 1. The normalized spacial score (nSPS) is 19.6. The molecule has 0 bridgehead atoms. The van der Waals surface area contributed by atoms with Gasteiger partial charge in [-0.25, -0.2) is 9.18 Å². The molecule has 4 nitrogen and oxygen atoms in total. The first-order chi connectivity index (χ1) is 13.1. The van der Waals surface area contributed by atoms with Crippen molar-refractivity contribution in [2.24, 2.45) is 11.3 Å². The first kappa shape index (κ1) is 21.8. The molecule has 0 radical (unpaired) electrons. The number of amides is 1. The van der Waals surface area contributed by atoms with Gasteiger partial charge >= 0.3 is 6.09 Å². The SMILES string of the molecule is CC(C)(C)OC(=O)N1CCC2(CC1)CC(COCc1cc(F)c(Br)cc1Cl)C2. The fraction of sp³-hybridized carbons (Fsp3) is 0.667. The van der Waals surface area contributed by atoms with Gasteiger partial charge in [-0.3, -0.25) is 0 Å². The molecule has 3 rings (SSSR count). The monoisotopic (exact) mass is 475 g/mol. The Bertz CT molecular complexity index is 721. The lowest BCUT2D eigenvalue weighted by atomic mass is 9.58. The Kier molecular flexibility index (Phi) is 6.62. The zero-order valence-corrected chi connectivity index (χ0v) is 19.0. The van der Waals surface area contributed by atoms with E-state index >= 15 is 0 Å². The molecule has 1 aromatic carbocycles. The van der Waals surface area contributed by atoms with E-state index < -0.39 is 5.60 Å². The number of hydrogen-bond acceptors (Lipinski definition) is 3. The van der Waals surface area contributed by atoms with Crippen LogP contribution in [-0.4, -0.2) is 36.3 Å². The van der Waals surface area contributed by atoms with Gasteiger partial charge in [-0.05, 0) is 91.4 Å². The van der Waals surface area contributed by atoms with Crippen LogP contribution in [0.25, 0.3) is 0 Å². The Balaban J connectivity index is 1.38. The van der Waals surface area contributed by atoms with E-state index in [2.05, 4.69) is 15.9 Å². The Hall–Kier alpha value is -0.850. The maximum absolute atomic E-state index is 13.6. The minimum atomic E-state index is -0.453. The predicted molar refractivity (Wildman–Crippen MR) is 111 cm³/mol. The van der Waals surface area contributed by atoms with Crippen molar-refractivity contribution in [3.05, 3.63) is 33.0 Å². The first-order valence-electron chi connectivity index (χ1n) is 9.76. The number of rotatable bonds is 4. The van der Waals surface area contributed by atoms with E-state index in [0.29, 0.717) is 39.6 Å². The molecule has 0 atom stereocenters. The lowest BCUT2D eigenvalue weighted by Crippen LogP contribution is -2.50. The van der Waals surface area contributed by atoms with Crippen molar-refractivity contribution < 1.29 is 18.7 Å². The molecule has 0 N–H and O–H groups in total. The highest BCUT2D eigenvalue weighted by molar-refractivity contribution is 9.10. The van der Waals surface area contributed by atoms with Crippen molar-refractivity contribution >= 4 is 33.6 Å². The van der Waals surface area contributed by atoms with E-state index in [1.165, 1.54) is 6.07 Å². The summed E-state index contributed by atoms with van der Waals surface area (Å²) in [6, 6.07) is 2.98. The van der Waals surface area contributed by atoms with Crippen LogP contribution in [0.4, 0.5) is 9.18 Å². The molecule has 1 heterocycles. The molecule has 28 heavy (non-hydrogen) atoms. The largest absolute Gasteiger partial charge is 0.444 e. The van der Waals surface area contributed by atoms with Crippen LogP contribution in [0.15, 0.2) is 16.6 Å². The Morgan fingerprint density at radius 3 is 2.57 bits per heavy atom. The van der Waals surface area contributed by atoms with Crippen LogP contribution in [0.5, 0.6) is 0 Å². The fourth-order valence-corrected chi connectivity index (χ4v) is 4.88. The van der Waals surface area contributed by atoms with E-state index in [1.807, 2.05) is 25.7 Å². The lowest BCUT2D eigenvalue weighted by Gasteiger charge is -2.52. The number of likely N-dealkylation sites (tertiary alicyclic amines) is 1. The average Bonchev–Trinajstić information content (AvgIpc) is 2.56. The topological polar surface area (TPSA) is 38.8 Å². The molecule has 0 aromatic heterocycles. The van der Waals surface area contributed by atoms with Gasteiger partial charge in [0.1, 0.15) is 11.4 Å². The van der Waals surface area contributed by atoms with Gasteiger partial charge in [-0.2, -0.15) is 0 Å². The summed E-state index contributed by atoms with van der Waals surface area (Å²) in [7, 11) is 0. The van der Waals surface area contributed by atoms with Crippen LogP contribution in [0.1, 0.15) is 52.0 Å². The molecule has 1 aliphatic heterocycles. The number of hydrogen-bond donors (Lipinski definition) is 0. The third kappa shape index (κ3) is 5.39. The van der Waals surface area contributed by atoms with Crippen molar-refractivity contribution in [3.63, 3.8) is 0 Å². The van der Waals surface area contributed by atoms with Crippen LogP contribution in [-0.2, 0) is 16.1 Å². The molecule has 1 aromatic rings. The van der Waals surface area contributed by atoms with E-state index in [-0.39, 0.29) is 11.9 Å². The Morgan fingerprint density at radius 1 is 1.32 bits per heavy atom. The van der Waals surface area contributed by atoms with Crippen molar-refractivity contribution in [1.29, 1.82) is 0 Å². The molecule has 2 fully saturated rings. The van der Waals surface area contributed by atoms with Gasteiger partial charge in [-0.15, -0.1) is 0 Å². The van der Waals surface area contributed by atoms with Crippen LogP contribution in [0.2, 0.25) is 5.02 Å². The number of ether oxygens (including phenoxy) is 2. The summed E-state index contributed by atoms with van der Waals surface area (Å²) in [5.74, 6) is 0.189. The summed E-state index contributed by atoms with van der Waals surface area (Å²) in [5, 5.41) is 0.507. The van der Waals surface area contributed by atoms with Gasteiger partial charge in [-0.1, -0.05) is 11.6 Å². The van der Waals surface area contributed by atoms with Crippen molar-refractivity contribution in [2.45, 2.75) is 58.7 Å². The highest BCUT2D eigenvalue weighted by atomic mass is 79.9. The molecule has 156 valence electrons. The maximum Gasteiger partial charge on any atom is 0.410 e. The van der Waals surface area contributed by atoms with Gasteiger partial charge in [0.15, 0.2) is 0 Å². The van der Waals surface area contributed by atoms with Crippen LogP contribution in [0.3, 0.4) is 0 Å². The van der Waals surface area contributed by atoms with E-state index in [4.69, 9.17) is 21.1 Å². The number of piperidine rings is 1. The number of nitrogens with zero attached hydrogens (tertiary/aromatic N) is 1. The molecule has 1 saturated carbocycles. The minimum Gasteiger partial charge on any atom is -0.444 e. The van der Waals surface area contributed by atoms with Gasteiger partial charge in [0, 0.05) is 24.7 Å². The van der Waals surface area contributed by atoms with Gasteiger partial charge in [0.2, 0.25) is 0 Å². The summed E-state index contributed by atoms with van der Waals surface area (Å²) in [4.78, 5) is 14.0. The summed E-state index contributed by atoms with van der Waals surface area (Å²) in [6.45, 7) is 8.17. The molecular weight excluding hydrogens is 449 g/mol. The quantitative estimate of drug-likeness (QED) is 0.487. The molecule has 1 saturated heterocycles. The van der Waals surface area contributed by atoms with Crippen molar-refractivity contribution in [2.75, 3.05) is 19.7 Å². The number of carbonyl (C=O) groups excluding carboxylic acids is 1. The number of benzene rings is 1. The summed E-state index contributed by atoms with van der Waals surface area (Å²) in [6.07, 6.45) is 4.08. The van der Waals surface area contributed by atoms with E-state index in [0.717, 1.165) is 38.8 Å². The standard InChI is InChI=1S/C21H28BrClFNO3/c1-20(2,3)28-19(26)25-6-4-21(5-7-25)10-14(11-21)12-27-13-15-8-18(24)16(22)9-17(15)23/h8-9,14H,4-7,10-13H2,1-3H3. The first-order valence-corrected chi connectivity index (χ1v) is 10.9. The summed E-state index contributed by atoms with van der Waals surface area (Å²) < 4.78 is 25.3. The second-order valence-corrected chi connectivity index (χ2v) is 10.4. The van der Waals surface area contributed by atoms with Crippen molar-refractivity contribution in [1.82, 2.24) is 4.90 Å². The van der Waals surface area contributed by atoms with E-state index in [1.54, 1.807) is 6.07 Å². The lowest BCUT2D eigenvalue weighted by molar-refractivity contribution is -0.0561. The Morgan fingerprint density at radius 2 is 1.96 bits per heavy atom. The summed E-state index contributed by atoms with van der Waals surface area (Å²) in [5.41, 5.74) is 0.557. The molecule has 7 heteroatoms. The maximum atomic E-state index is 13.6. The minimum absolute atomic E-state index is 0.208. The highest BCUT2D eigenvalue weighted by Gasteiger charge is 2.46. The second-order valence-electron chi connectivity index (χ2n) is 9.11. The van der Waals surface area contributed by atoms with Gasteiger partial charge in [0.25, 0.3) is 0 Å². The third-order valence-electron chi connectivity index (χ3n) is 5.62. The second kappa shape index (κ2) is 8.49. The van der Waals surface area contributed by atoms with Crippen LogP contribution >= 0.6 is 27.5 Å². The smallest absolute Gasteiger partial charge is 0.410 e. The van der Waals surface area contributed by atoms with Crippen molar-refractivity contribution in [3.8, 4) is 0 Å². The summed E-state index contributed by atoms with van der Waals surface area (Å²) >= 11 is 9.27.